The number of hydrogen-bond acceptors (Lipinski definition) is 4. The van der Waals surface area contributed by atoms with Gasteiger partial charge in [0.25, 0.3) is 0 Å². The fourth-order valence-electron chi connectivity index (χ4n) is 2.09. The molecule has 0 saturated carbocycles. The minimum atomic E-state index is -0.868. The Morgan fingerprint density at radius 2 is 2.50 bits per heavy atom. The molecule has 1 aliphatic rings. The zero-order valence-corrected chi connectivity index (χ0v) is 9.83. The van der Waals surface area contributed by atoms with E-state index in [0.29, 0.717) is 24.5 Å². The molecule has 94 valence electrons. The highest BCUT2D eigenvalue weighted by molar-refractivity contribution is 5.66. The van der Waals surface area contributed by atoms with Crippen molar-refractivity contribution in [1.29, 1.82) is 5.26 Å². The summed E-state index contributed by atoms with van der Waals surface area (Å²) in [6.45, 7) is 1.15. The molecule has 1 aliphatic heterocycles. The maximum atomic E-state index is 11.0. The Balaban J connectivity index is 1.91. The van der Waals surface area contributed by atoms with Gasteiger partial charge < -0.3 is 15.3 Å². The van der Waals surface area contributed by atoms with Gasteiger partial charge in [0.15, 0.2) is 0 Å². The second-order valence-corrected chi connectivity index (χ2v) is 4.20. The fraction of sp³-hybridized carbons (Fsp3) is 0.417. The van der Waals surface area contributed by atoms with Crippen LogP contribution >= 0.6 is 0 Å². The van der Waals surface area contributed by atoms with Crippen LogP contribution in [0.25, 0.3) is 0 Å². The Labute approximate surface area is 105 Å². The Morgan fingerprint density at radius 3 is 3.11 bits per heavy atom. The van der Waals surface area contributed by atoms with Gasteiger partial charge in [0.2, 0.25) is 0 Å². The molecule has 1 unspecified atom stereocenters. The highest BCUT2D eigenvalue weighted by Crippen LogP contribution is 2.17. The molecule has 1 saturated heterocycles. The molecule has 0 radical (unpaired) electrons. The normalized spacial score (nSPS) is 18.4. The summed E-state index contributed by atoms with van der Waals surface area (Å²) in [5, 5.41) is 20.7. The minimum Gasteiger partial charge on any atom is -0.465 e. The van der Waals surface area contributed by atoms with E-state index in [1.165, 1.54) is 11.1 Å². The molecular formula is C12H14N4O2. The zero-order valence-electron chi connectivity index (χ0n) is 9.83. The van der Waals surface area contributed by atoms with Crippen molar-refractivity contribution in [3.63, 3.8) is 0 Å². The Morgan fingerprint density at radius 1 is 1.67 bits per heavy atom. The van der Waals surface area contributed by atoms with Crippen molar-refractivity contribution in [3.8, 4) is 6.07 Å². The van der Waals surface area contributed by atoms with Crippen LogP contribution in [-0.4, -0.2) is 40.2 Å². The van der Waals surface area contributed by atoms with Gasteiger partial charge in [-0.1, -0.05) is 0 Å². The van der Waals surface area contributed by atoms with Crippen LogP contribution in [0.5, 0.6) is 0 Å². The van der Waals surface area contributed by atoms with Crippen LogP contribution in [0, 0.1) is 11.3 Å². The monoisotopic (exact) mass is 246 g/mol. The van der Waals surface area contributed by atoms with E-state index in [4.69, 9.17) is 10.4 Å². The van der Waals surface area contributed by atoms with Crippen molar-refractivity contribution < 1.29 is 9.90 Å². The first-order valence-electron chi connectivity index (χ1n) is 5.80. The van der Waals surface area contributed by atoms with Crippen LogP contribution in [0.2, 0.25) is 0 Å². The molecular weight excluding hydrogens is 232 g/mol. The predicted molar refractivity (Wildman–Crippen MR) is 65.2 cm³/mol. The largest absolute Gasteiger partial charge is 0.465 e. The molecule has 18 heavy (non-hydrogen) atoms. The quantitative estimate of drug-likeness (QED) is 0.843. The maximum Gasteiger partial charge on any atom is 0.407 e. The summed E-state index contributed by atoms with van der Waals surface area (Å²) in [4.78, 5) is 16.5. The SMILES string of the molecule is N#Cc1ccc(NCC2CCCN2C(=O)O)nc1. The van der Waals surface area contributed by atoms with E-state index in [2.05, 4.69) is 10.3 Å². The van der Waals surface area contributed by atoms with Crippen LogP contribution in [0.15, 0.2) is 18.3 Å². The maximum absolute atomic E-state index is 11.0. The van der Waals surface area contributed by atoms with Crippen LogP contribution in [0.1, 0.15) is 18.4 Å². The van der Waals surface area contributed by atoms with Crippen molar-refractivity contribution in [2.24, 2.45) is 0 Å². The van der Waals surface area contributed by atoms with Crippen LogP contribution < -0.4 is 5.32 Å². The van der Waals surface area contributed by atoms with E-state index >= 15 is 0 Å². The molecule has 0 spiro atoms. The third-order valence-electron chi connectivity index (χ3n) is 3.03. The predicted octanol–water partition coefficient (Wildman–Crippen LogP) is 1.51. The first-order valence-corrected chi connectivity index (χ1v) is 5.80. The summed E-state index contributed by atoms with van der Waals surface area (Å²) in [6, 6.07) is 5.40. The number of nitrogens with one attached hydrogen (secondary N) is 1. The zero-order chi connectivity index (χ0) is 13.0. The van der Waals surface area contributed by atoms with Gasteiger partial charge in [-0.3, -0.25) is 0 Å². The molecule has 0 aliphatic carbocycles. The third kappa shape index (κ3) is 2.69. The van der Waals surface area contributed by atoms with E-state index in [-0.39, 0.29) is 6.04 Å². The average molecular weight is 246 g/mol. The summed E-state index contributed by atoms with van der Waals surface area (Å²) in [5.41, 5.74) is 0.508. The van der Waals surface area contributed by atoms with Crippen molar-refractivity contribution in [1.82, 2.24) is 9.88 Å². The van der Waals surface area contributed by atoms with Crippen molar-refractivity contribution in [2.75, 3.05) is 18.4 Å². The summed E-state index contributed by atoms with van der Waals surface area (Å²) < 4.78 is 0. The Bertz CT molecular complexity index is 466. The van der Waals surface area contributed by atoms with E-state index in [9.17, 15) is 4.79 Å². The van der Waals surface area contributed by atoms with E-state index in [0.717, 1.165) is 12.8 Å². The number of nitrogens with zero attached hydrogens (tertiary/aromatic N) is 3. The van der Waals surface area contributed by atoms with Gasteiger partial charge in [0.05, 0.1) is 11.6 Å². The lowest BCUT2D eigenvalue weighted by molar-refractivity contribution is 0.142. The number of anilines is 1. The number of pyridine rings is 1. The number of rotatable bonds is 3. The summed E-state index contributed by atoms with van der Waals surface area (Å²) in [5.74, 6) is 0.659. The van der Waals surface area contributed by atoms with Crippen molar-refractivity contribution in [2.45, 2.75) is 18.9 Å². The molecule has 6 nitrogen and oxygen atoms in total. The topological polar surface area (TPSA) is 89.2 Å². The van der Waals surface area contributed by atoms with E-state index in [1.807, 2.05) is 6.07 Å². The number of carboxylic acid groups (broad SMARTS) is 1. The minimum absolute atomic E-state index is 0.0000525. The number of aromatic nitrogens is 1. The lowest BCUT2D eigenvalue weighted by Crippen LogP contribution is -2.38. The summed E-state index contributed by atoms with van der Waals surface area (Å²) in [6.07, 6.45) is 2.40. The van der Waals surface area contributed by atoms with Gasteiger partial charge >= 0.3 is 6.09 Å². The lowest BCUT2D eigenvalue weighted by atomic mass is 10.2. The van der Waals surface area contributed by atoms with Crippen molar-refractivity contribution >= 4 is 11.9 Å². The molecule has 6 heteroatoms. The molecule has 1 fully saturated rings. The number of amides is 1. The summed E-state index contributed by atoms with van der Waals surface area (Å²) >= 11 is 0. The van der Waals surface area contributed by atoms with Gasteiger partial charge in [0, 0.05) is 19.3 Å². The Kier molecular flexibility index (Phi) is 3.63. The smallest absolute Gasteiger partial charge is 0.407 e. The number of hydrogen-bond donors (Lipinski definition) is 2. The van der Waals surface area contributed by atoms with Crippen LogP contribution in [-0.2, 0) is 0 Å². The second-order valence-electron chi connectivity index (χ2n) is 4.20. The molecule has 1 aromatic rings. The van der Waals surface area contributed by atoms with Crippen molar-refractivity contribution in [3.05, 3.63) is 23.9 Å². The lowest BCUT2D eigenvalue weighted by Gasteiger charge is -2.21. The highest BCUT2D eigenvalue weighted by atomic mass is 16.4. The average Bonchev–Trinajstić information content (AvgIpc) is 2.85. The van der Waals surface area contributed by atoms with Gasteiger partial charge in [-0.2, -0.15) is 5.26 Å². The van der Waals surface area contributed by atoms with Crippen LogP contribution in [0.3, 0.4) is 0 Å². The van der Waals surface area contributed by atoms with Gasteiger partial charge in [0.1, 0.15) is 11.9 Å². The number of carbonyl (C=O) groups is 1. The Hall–Kier alpha value is -2.29. The highest BCUT2D eigenvalue weighted by Gasteiger charge is 2.27. The summed E-state index contributed by atoms with van der Waals surface area (Å²) in [7, 11) is 0. The molecule has 0 aromatic carbocycles. The first-order chi connectivity index (χ1) is 8.70. The van der Waals surface area contributed by atoms with Gasteiger partial charge in [-0.15, -0.1) is 0 Å². The molecule has 1 amide bonds. The molecule has 2 N–H and O–H groups in total. The van der Waals surface area contributed by atoms with E-state index in [1.54, 1.807) is 12.1 Å². The van der Waals surface area contributed by atoms with Crippen LogP contribution in [0.4, 0.5) is 10.6 Å². The fourth-order valence-corrected chi connectivity index (χ4v) is 2.09. The first kappa shape index (κ1) is 12.2. The standard InChI is InChI=1S/C12H14N4O2/c13-6-9-3-4-11(14-7-9)15-8-10-2-1-5-16(10)12(17)18/h3-4,7,10H,1-2,5,8H2,(H,14,15)(H,17,18). The van der Waals surface area contributed by atoms with Gasteiger partial charge in [-0.05, 0) is 25.0 Å². The molecule has 2 rings (SSSR count). The number of likely N-dealkylation sites (tertiary alicyclic amines) is 1. The van der Waals surface area contributed by atoms with Gasteiger partial charge in [-0.25, -0.2) is 9.78 Å². The molecule has 1 atom stereocenters. The molecule has 1 aromatic heterocycles. The second kappa shape index (κ2) is 5.36. The number of nitriles is 1. The molecule has 0 bridgehead atoms. The molecule has 2 heterocycles. The third-order valence-corrected chi connectivity index (χ3v) is 3.03. The van der Waals surface area contributed by atoms with E-state index < -0.39 is 6.09 Å².